The summed E-state index contributed by atoms with van der Waals surface area (Å²) in [6.45, 7) is 1.70. The first-order valence-corrected chi connectivity index (χ1v) is 11.0. The van der Waals surface area contributed by atoms with Gasteiger partial charge in [-0.1, -0.05) is 30.9 Å². The molecule has 1 atom stereocenters. The first-order chi connectivity index (χ1) is 11.7. The van der Waals surface area contributed by atoms with Gasteiger partial charge in [-0.25, -0.2) is 13.2 Å². The first-order valence-electron chi connectivity index (χ1n) is 8.11. The number of carbonyl (C=O) groups is 1. The average molecular weight is 405 g/mol. The highest BCUT2D eigenvalue weighted by Gasteiger charge is 2.55. The number of hydrogen-bond donors (Lipinski definition) is 1. The summed E-state index contributed by atoms with van der Waals surface area (Å²) < 4.78 is 30.0. The second-order valence-electron chi connectivity index (χ2n) is 6.86. The number of thiophene rings is 1. The van der Waals surface area contributed by atoms with E-state index < -0.39 is 26.1 Å². The van der Waals surface area contributed by atoms with E-state index in [4.69, 9.17) is 22.1 Å². The van der Waals surface area contributed by atoms with Crippen molar-refractivity contribution in [2.24, 2.45) is 10.7 Å². The third-order valence-corrected chi connectivity index (χ3v) is 9.65. The number of hydrogen-bond acceptors (Lipinski definition) is 7. The summed E-state index contributed by atoms with van der Waals surface area (Å²) in [7, 11) is -2.23. The summed E-state index contributed by atoms with van der Waals surface area (Å²) in [6, 6.07) is 1.49. The smallest absolute Gasteiger partial charge is 0.348 e. The predicted octanol–water partition coefficient (Wildman–Crippen LogP) is 2.89. The molecule has 6 nitrogen and oxygen atoms in total. The molecule has 0 amide bonds. The van der Waals surface area contributed by atoms with Gasteiger partial charge in [-0.3, -0.25) is 4.99 Å². The molecule has 1 spiro atoms. The van der Waals surface area contributed by atoms with E-state index in [9.17, 15) is 13.2 Å². The highest BCUT2D eigenvalue weighted by molar-refractivity contribution is 7.93. The molecule has 1 fully saturated rings. The van der Waals surface area contributed by atoms with Crippen LogP contribution in [0.4, 0.5) is 0 Å². The summed E-state index contributed by atoms with van der Waals surface area (Å²) in [5.74, 6) is -0.507. The third-order valence-electron chi connectivity index (χ3n) is 5.12. The molecular formula is C16H21ClN2O4S2. The number of nitrogens with two attached hydrogens (primary N) is 1. The Balaban J connectivity index is 2.09. The van der Waals surface area contributed by atoms with Gasteiger partial charge in [0.05, 0.1) is 22.8 Å². The molecule has 1 aromatic rings. The Hall–Kier alpha value is -1.12. The van der Waals surface area contributed by atoms with Crippen molar-refractivity contribution in [1.29, 1.82) is 0 Å². The Bertz CT molecular complexity index is 840. The summed E-state index contributed by atoms with van der Waals surface area (Å²) in [5, 5.41) is 0.305. The molecule has 3 rings (SSSR count). The van der Waals surface area contributed by atoms with Gasteiger partial charge in [0.2, 0.25) is 0 Å². The van der Waals surface area contributed by atoms with Crippen molar-refractivity contribution in [3.05, 3.63) is 20.8 Å². The summed E-state index contributed by atoms with van der Waals surface area (Å²) >= 11 is 7.39. The molecule has 138 valence electrons. The van der Waals surface area contributed by atoms with Crippen molar-refractivity contribution >= 4 is 44.6 Å². The molecule has 2 aliphatic rings. The first kappa shape index (κ1) is 18.7. The Morgan fingerprint density at radius 1 is 1.36 bits per heavy atom. The minimum Gasteiger partial charge on any atom is -0.465 e. The molecule has 1 aliphatic carbocycles. The van der Waals surface area contributed by atoms with Gasteiger partial charge < -0.3 is 10.5 Å². The quantitative estimate of drug-likeness (QED) is 0.764. The number of esters is 1. The molecule has 9 heteroatoms. The molecule has 2 heterocycles. The second-order valence-corrected chi connectivity index (χ2v) is 10.6. The Labute approximate surface area is 156 Å². The van der Waals surface area contributed by atoms with Crippen LogP contribution in [0.5, 0.6) is 0 Å². The van der Waals surface area contributed by atoms with Crippen molar-refractivity contribution < 1.29 is 17.9 Å². The zero-order chi connectivity index (χ0) is 18.5. The fourth-order valence-electron chi connectivity index (χ4n) is 3.81. The SMILES string of the molecule is COC(=O)c1cc(Cl)c([C@]2(C)CS(=O)(=O)C3(CCCCC3)C(N)=N2)s1. The Kier molecular flexibility index (Phi) is 4.66. The molecule has 1 saturated carbocycles. The predicted molar refractivity (Wildman–Crippen MR) is 99.2 cm³/mol. The van der Waals surface area contributed by atoms with Crippen LogP contribution in [0.1, 0.15) is 53.6 Å². The molecule has 0 aromatic carbocycles. The lowest BCUT2D eigenvalue weighted by Gasteiger charge is -2.43. The van der Waals surface area contributed by atoms with Crippen molar-refractivity contribution in [2.75, 3.05) is 12.9 Å². The molecule has 1 aromatic heterocycles. The van der Waals surface area contributed by atoms with E-state index in [1.807, 2.05) is 0 Å². The number of carbonyl (C=O) groups excluding carboxylic acids is 1. The highest BCUT2D eigenvalue weighted by Crippen LogP contribution is 2.47. The lowest BCUT2D eigenvalue weighted by atomic mass is 9.86. The topological polar surface area (TPSA) is 98.8 Å². The maximum absolute atomic E-state index is 13.2. The number of nitrogens with zero attached hydrogens (tertiary/aromatic N) is 1. The van der Waals surface area contributed by atoms with Crippen LogP contribution in [0.15, 0.2) is 11.1 Å². The molecule has 0 radical (unpaired) electrons. The molecule has 0 saturated heterocycles. The van der Waals surface area contributed by atoms with E-state index in [1.54, 1.807) is 6.92 Å². The summed E-state index contributed by atoms with van der Waals surface area (Å²) in [6.07, 6.45) is 3.72. The van der Waals surface area contributed by atoms with Gasteiger partial charge in [0.1, 0.15) is 21.0 Å². The maximum Gasteiger partial charge on any atom is 0.348 e. The van der Waals surface area contributed by atoms with E-state index >= 15 is 0 Å². The third kappa shape index (κ3) is 2.88. The minimum absolute atomic E-state index is 0.165. The van der Waals surface area contributed by atoms with Crippen LogP contribution in [-0.4, -0.2) is 37.8 Å². The van der Waals surface area contributed by atoms with E-state index in [1.165, 1.54) is 13.2 Å². The second kappa shape index (κ2) is 6.25. The van der Waals surface area contributed by atoms with Crippen molar-refractivity contribution in [3.63, 3.8) is 0 Å². The molecular weight excluding hydrogens is 384 g/mol. The fourth-order valence-corrected chi connectivity index (χ4v) is 7.95. The van der Waals surface area contributed by atoms with E-state index in [0.717, 1.165) is 30.6 Å². The van der Waals surface area contributed by atoms with Gasteiger partial charge in [0, 0.05) is 0 Å². The maximum atomic E-state index is 13.2. The molecule has 2 N–H and O–H groups in total. The van der Waals surface area contributed by atoms with Gasteiger partial charge in [0.15, 0.2) is 9.84 Å². The Morgan fingerprint density at radius 3 is 2.56 bits per heavy atom. The van der Waals surface area contributed by atoms with Gasteiger partial charge in [0.25, 0.3) is 0 Å². The van der Waals surface area contributed by atoms with Gasteiger partial charge in [-0.15, -0.1) is 11.3 Å². The number of aliphatic imine (C=N–C) groups is 1. The molecule has 0 unspecified atom stereocenters. The van der Waals surface area contributed by atoms with Crippen LogP contribution in [0.3, 0.4) is 0 Å². The average Bonchev–Trinajstić information content (AvgIpc) is 2.95. The number of rotatable bonds is 2. The van der Waals surface area contributed by atoms with E-state index in [-0.39, 0.29) is 11.6 Å². The van der Waals surface area contributed by atoms with Crippen LogP contribution in [-0.2, 0) is 20.1 Å². The lowest BCUT2D eigenvalue weighted by molar-refractivity contribution is 0.0606. The fraction of sp³-hybridized carbons (Fsp3) is 0.625. The normalized spacial score (nSPS) is 27.7. The molecule has 0 bridgehead atoms. The summed E-state index contributed by atoms with van der Waals surface area (Å²) in [5.41, 5.74) is 5.12. The number of halogens is 1. The van der Waals surface area contributed by atoms with Crippen molar-refractivity contribution in [2.45, 2.75) is 49.3 Å². The van der Waals surface area contributed by atoms with Crippen molar-refractivity contribution in [1.82, 2.24) is 0 Å². The minimum atomic E-state index is -3.51. The number of methoxy groups -OCH3 is 1. The van der Waals surface area contributed by atoms with Gasteiger partial charge in [-0.2, -0.15) is 0 Å². The van der Waals surface area contributed by atoms with Gasteiger partial charge >= 0.3 is 5.97 Å². The van der Waals surface area contributed by atoms with Crippen LogP contribution in [0, 0.1) is 0 Å². The largest absolute Gasteiger partial charge is 0.465 e. The highest BCUT2D eigenvalue weighted by atomic mass is 35.5. The zero-order valence-electron chi connectivity index (χ0n) is 14.2. The zero-order valence-corrected chi connectivity index (χ0v) is 16.6. The Morgan fingerprint density at radius 2 is 2.00 bits per heavy atom. The monoisotopic (exact) mass is 404 g/mol. The van der Waals surface area contributed by atoms with Crippen LogP contribution in [0.2, 0.25) is 5.02 Å². The van der Waals surface area contributed by atoms with Crippen LogP contribution < -0.4 is 5.73 Å². The lowest BCUT2D eigenvalue weighted by Crippen LogP contribution is -2.58. The molecule has 25 heavy (non-hydrogen) atoms. The summed E-state index contributed by atoms with van der Waals surface area (Å²) in [4.78, 5) is 17.2. The van der Waals surface area contributed by atoms with E-state index in [2.05, 4.69) is 4.99 Å². The van der Waals surface area contributed by atoms with E-state index in [0.29, 0.717) is 27.6 Å². The number of amidine groups is 1. The molecule has 1 aliphatic heterocycles. The van der Waals surface area contributed by atoms with Crippen LogP contribution >= 0.6 is 22.9 Å². The number of ether oxygens (including phenoxy) is 1. The number of sulfone groups is 1. The standard InChI is InChI=1S/C16H21ClN2O4S2/c1-15(12-10(17)8-11(24-12)13(20)23-2)9-25(21,22)16(14(18)19-15)6-4-3-5-7-16/h8H,3-7,9H2,1-2H3,(H2,18,19)/t15-/m0/s1. The van der Waals surface area contributed by atoms with Crippen molar-refractivity contribution in [3.8, 4) is 0 Å². The van der Waals surface area contributed by atoms with Crippen LogP contribution in [0.25, 0.3) is 0 Å². The van der Waals surface area contributed by atoms with Gasteiger partial charge in [-0.05, 0) is 25.8 Å².